The normalized spacial score (nSPS) is 10.3. The predicted octanol–water partition coefficient (Wildman–Crippen LogP) is 3.09. The average Bonchev–Trinajstić information content (AvgIpc) is 2.43. The summed E-state index contributed by atoms with van der Waals surface area (Å²) in [6.45, 7) is 5.31. The van der Waals surface area contributed by atoms with E-state index in [0.717, 1.165) is 21.9 Å². The van der Waals surface area contributed by atoms with Crippen molar-refractivity contribution in [1.82, 2.24) is 0 Å². The van der Waals surface area contributed by atoms with E-state index < -0.39 is 11.9 Å². The second-order valence-electron chi connectivity index (χ2n) is 4.90. The van der Waals surface area contributed by atoms with E-state index in [1.165, 1.54) is 0 Å². The highest BCUT2D eigenvalue weighted by atomic mass is 16.5. The fraction of sp³-hybridized carbons (Fsp3) is 0.176. The maximum atomic E-state index is 11.4. The Kier molecular flexibility index (Phi) is 4.38. The van der Waals surface area contributed by atoms with E-state index in [-0.39, 0.29) is 13.0 Å². The zero-order valence-electron chi connectivity index (χ0n) is 11.8. The van der Waals surface area contributed by atoms with Crippen LogP contribution in [0.1, 0.15) is 18.1 Å². The van der Waals surface area contributed by atoms with Crippen molar-refractivity contribution in [2.24, 2.45) is 0 Å². The van der Waals surface area contributed by atoms with E-state index in [0.29, 0.717) is 5.57 Å². The molecule has 0 radical (unpaired) electrons. The van der Waals surface area contributed by atoms with Crippen molar-refractivity contribution in [3.63, 3.8) is 0 Å². The van der Waals surface area contributed by atoms with Crippen molar-refractivity contribution < 1.29 is 19.4 Å². The van der Waals surface area contributed by atoms with Gasteiger partial charge in [0.2, 0.25) is 0 Å². The van der Waals surface area contributed by atoms with Gasteiger partial charge >= 0.3 is 11.9 Å². The lowest BCUT2D eigenvalue weighted by Gasteiger charge is -2.09. The zero-order valence-corrected chi connectivity index (χ0v) is 11.8. The van der Waals surface area contributed by atoms with Gasteiger partial charge in [0.05, 0.1) is 6.42 Å². The third-order valence-electron chi connectivity index (χ3n) is 3.10. The molecule has 0 unspecified atom stereocenters. The summed E-state index contributed by atoms with van der Waals surface area (Å²) in [5.74, 6) is -1.28. The Balaban J connectivity index is 2.27. The highest BCUT2D eigenvalue weighted by Gasteiger charge is 2.07. The van der Waals surface area contributed by atoms with Crippen LogP contribution in [0.4, 0.5) is 0 Å². The number of esters is 1. The third kappa shape index (κ3) is 3.69. The van der Waals surface area contributed by atoms with Gasteiger partial charge in [-0.2, -0.15) is 0 Å². The van der Waals surface area contributed by atoms with Crippen LogP contribution in [-0.4, -0.2) is 17.0 Å². The zero-order chi connectivity index (χ0) is 15.4. The van der Waals surface area contributed by atoms with Gasteiger partial charge in [0.15, 0.2) is 0 Å². The van der Waals surface area contributed by atoms with E-state index in [2.05, 4.69) is 6.58 Å². The fourth-order valence-electron chi connectivity index (χ4n) is 2.08. The second kappa shape index (κ2) is 6.22. The van der Waals surface area contributed by atoms with Crippen LogP contribution in [0.5, 0.6) is 0 Å². The van der Waals surface area contributed by atoms with Gasteiger partial charge in [0.25, 0.3) is 0 Å². The summed E-state index contributed by atoms with van der Waals surface area (Å²) in [7, 11) is 0. The molecule has 0 saturated carbocycles. The molecule has 0 aromatic heterocycles. The number of carboxylic acids is 1. The van der Waals surface area contributed by atoms with Crippen LogP contribution in [0.15, 0.2) is 48.6 Å². The van der Waals surface area contributed by atoms with Gasteiger partial charge in [-0.1, -0.05) is 43.0 Å². The van der Waals surface area contributed by atoms with Crippen LogP contribution in [0, 0.1) is 0 Å². The monoisotopic (exact) mass is 284 g/mol. The van der Waals surface area contributed by atoms with Gasteiger partial charge in [0.1, 0.15) is 6.61 Å². The smallest absolute Gasteiger partial charge is 0.333 e. The summed E-state index contributed by atoms with van der Waals surface area (Å²) < 4.78 is 5.16. The first-order chi connectivity index (χ1) is 9.97. The highest BCUT2D eigenvalue weighted by molar-refractivity contribution is 5.89. The third-order valence-corrected chi connectivity index (χ3v) is 3.10. The molecule has 0 atom stereocenters. The molecule has 2 aromatic carbocycles. The minimum absolute atomic E-state index is 0.00911. The summed E-state index contributed by atoms with van der Waals surface area (Å²) in [6.07, 6.45) is -0.00911. The SMILES string of the molecule is C=C(C)C(=O)OCc1cccc2cc(CC(=O)O)ccc12. The Morgan fingerprint density at radius 1 is 1.24 bits per heavy atom. The number of carbonyl (C=O) groups is 2. The van der Waals surface area contributed by atoms with Crippen molar-refractivity contribution >= 4 is 22.7 Å². The van der Waals surface area contributed by atoms with Crippen LogP contribution in [0.2, 0.25) is 0 Å². The molecule has 4 heteroatoms. The lowest BCUT2D eigenvalue weighted by Crippen LogP contribution is -2.05. The number of benzene rings is 2. The van der Waals surface area contributed by atoms with Gasteiger partial charge in [-0.25, -0.2) is 4.79 Å². The maximum Gasteiger partial charge on any atom is 0.333 e. The number of fused-ring (bicyclic) bond motifs is 1. The molecule has 108 valence electrons. The molecule has 1 N–H and O–H groups in total. The minimum atomic E-state index is -0.860. The number of hydrogen-bond acceptors (Lipinski definition) is 3. The summed E-state index contributed by atoms with van der Waals surface area (Å²) in [5.41, 5.74) is 1.98. The Morgan fingerprint density at radius 2 is 2.00 bits per heavy atom. The summed E-state index contributed by atoms with van der Waals surface area (Å²) in [4.78, 5) is 22.2. The van der Waals surface area contributed by atoms with Gasteiger partial charge < -0.3 is 9.84 Å². The van der Waals surface area contributed by atoms with Crippen molar-refractivity contribution in [3.05, 3.63) is 59.7 Å². The molecule has 0 aliphatic heterocycles. The van der Waals surface area contributed by atoms with E-state index in [4.69, 9.17) is 9.84 Å². The van der Waals surface area contributed by atoms with Crippen LogP contribution in [-0.2, 0) is 27.4 Å². The van der Waals surface area contributed by atoms with Gasteiger partial charge in [-0.3, -0.25) is 4.79 Å². The molecular formula is C17H16O4. The van der Waals surface area contributed by atoms with Gasteiger partial charge in [-0.05, 0) is 28.8 Å². The Bertz CT molecular complexity index is 716. The van der Waals surface area contributed by atoms with Crippen LogP contribution >= 0.6 is 0 Å². The van der Waals surface area contributed by atoms with Crippen molar-refractivity contribution in [1.29, 1.82) is 0 Å². The number of aliphatic carboxylic acids is 1. The first-order valence-electron chi connectivity index (χ1n) is 6.52. The van der Waals surface area contributed by atoms with E-state index in [1.54, 1.807) is 13.0 Å². The highest BCUT2D eigenvalue weighted by Crippen LogP contribution is 2.21. The van der Waals surface area contributed by atoms with Crippen molar-refractivity contribution in [2.45, 2.75) is 20.0 Å². The van der Waals surface area contributed by atoms with E-state index >= 15 is 0 Å². The molecule has 0 fully saturated rings. The van der Waals surface area contributed by atoms with Crippen molar-refractivity contribution in [3.8, 4) is 0 Å². The van der Waals surface area contributed by atoms with Gasteiger partial charge in [-0.15, -0.1) is 0 Å². The first-order valence-corrected chi connectivity index (χ1v) is 6.52. The van der Waals surface area contributed by atoms with E-state index in [1.807, 2.05) is 30.3 Å². The minimum Gasteiger partial charge on any atom is -0.481 e. The number of carboxylic acid groups (broad SMARTS) is 1. The molecular weight excluding hydrogens is 268 g/mol. The molecule has 0 saturated heterocycles. The fourth-order valence-corrected chi connectivity index (χ4v) is 2.08. The molecule has 0 spiro atoms. The average molecular weight is 284 g/mol. The molecule has 21 heavy (non-hydrogen) atoms. The molecule has 0 amide bonds. The lowest BCUT2D eigenvalue weighted by atomic mass is 10.0. The molecule has 0 aliphatic rings. The summed E-state index contributed by atoms with van der Waals surface area (Å²) >= 11 is 0. The molecule has 0 bridgehead atoms. The molecule has 2 aromatic rings. The molecule has 0 aliphatic carbocycles. The van der Waals surface area contributed by atoms with Crippen molar-refractivity contribution in [2.75, 3.05) is 0 Å². The summed E-state index contributed by atoms with van der Waals surface area (Å²) in [5, 5.41) is 10.7. The number of ether oxygens (including phenoxy) is 1. The Labute approximate surface area is 122 Å². The van der Waals surface area contributed by atoms with Crippen LogP contribution in [0.25, 0.3) is 10.8 Å². The van der Waals surface area contributed by atoms with E-state index in [9.17, 15) is 9.59 Å². The standard InChI is InChI=1S/C17H16O4/c1-11(2)17(20)21-10-14-5-3-4-13-8-12(9-16(18)19)6-7-15(13)14/h3-8H,1,9-10H2,2H3,(H,18,19). The van der Waals surface area contributed by atoms with Gasteiger partial charge in [0, 0.05) is 5.57 Å². The molecule has 2 rings (SSSR count). The predicted molar refractivity (Wildman–Crippen MR) is 79.9 cm³/mol. The number of rotatable bonds is 5. The largest absolute Gasteiger partial charge is 0.481 e. The first kappa shape index (κ1) is 14.8. The maximum absolute atomic E-state index is 11.4. The summed E-state index contributed by atoms with van der Waals surface area (Å²) in [6, 6.07) is 11.1. The quantitative estimate of drug-likeness (QED) is 0.677. The Hall–Kier alpha value is -2.62. The topological polar surface area (TPSA) is 63.6 Å². The van der Waals surface area contributed by atoms with Crippen LogP contribution in [0.3, 0.4) is 0 Å². The number of carbonyl (C=O) groups excluding carboxylic acids is 1. The number of hydrogen-bond donors (Lipinski definition) is 1. The van der Waals surface area contributed by atoms with Crippen LogP contribution < -0.4 is 0 Å². The molecule has 0 heterocycles. The Morgan fingerprint density at radius 3 is 2.67 bits per heavy atom. The molecule has 4 nitrogen and oxygen atoms in total. The second-order valence-corrected chi connectivity index (χ2v) is 4.90. The lowest BCUT2D eigenvalue weighted by molar-refractivity contribution is -0.140.